The van der Waals surface area contributed by atoms with Crippen LogP contribution in [-0.4, -0.2) is 29.8 Å². The van der Waals surface area contributed by atoms with Crippen molar-refractivity contribution in [3.8, 4) is 0 Å². The van der Waals surface area contributed by atoms with E-state index in [1.807, 2.05) is 0 Å². The Morgan fingerprint density at radius 2 is 1.87 bits per heavy atom. The number of aliphatic hydroxyl groups is 1. The molecule has 1 aliphatic carbocycles. The zero-order chi connectivity index (χ0) is 11.7. The number of alkyl halides is 4. The van der Waals surface area contributed by atoms with Gasteiger partial charge in [-0.05, 0) is 12.3 Å². The summed E-state index contributed by atoms with van der Waals surface area (Å²) in [6.45, 7) is -0.673. The first-order valence-electron chi connectivity index (χ1n) is 4.80. The molecule has 1 aliphatic rings. The average molecular weight is 230 g/mol. The van der Waals surface area contributed by atoms with Crippen LogP contribution in [0.25, 0.3) is 0 Å². The average Bonchev–Trinajstić information content (AvgIpc) is 2.83. The zero-order valence-corrected chi connectivity index (χ0v) is 8.35. The maximum Gasteiger partial charge on any atom is 0.419 e. The van der Waals surface area contributed by atoms with Gasteiger partial charge in [0.05, 0.1) is 12.7 Å². The highest BCUT2D eigenvalue weighted by Gasteiger charge is 2.54. The summed E-state index contributed by atoms with van der Waals surface area (Å²) in [4.78, 5) is 0. The van der Waals surface area contributed by atoms with Gasteiger partial charge in [0.25, 0.3) is 0 Å². The number of hydrogen-bond acceptors (Lipinski definition) is 2. The first-order valence-corrected chi connectivity index (χ1v) is 4.80. The van der Waals surface area contributed by atoms with Crippen molar-refractivity contribution in [1.82, 2.24) is 0 Å². The second kappa shape index (κ2) is 4.25. The van der Waals surface area contributed by atoms with Crippen molar-refractivity contribution in [2.24, 2.45) is 5.92 Å². The van der Waals surface area contributed by atoms with Gasteiger partial charge in [-0.1, -0.05) is 12.8 Å². The van der Waals surface area contributed by atoms with E-state index in [9.17, 15) is 22.7 Å². The molecule has 1 rings (SSSR count). The minimum Gasteiger partial charge on any atom is -0.391 e. The molecule has 0 spiro atoms. The summed E-state index contributed by atoms with van der Waals surface area (Å²) >= 11 is 0. The van der Waals surface area contributed by atoms with Crippen LogP contribution in [0.5, 0.6) is 0 Å². The minimum atomic E-state index is -4.52. The summed E-state index contributed by atoms with van der Waals surface area (Å²) in [5.74, 6) is -3.90. The van der Waals surface area contributed by atoms with Crippen LogP contribution in [0.2, 0.25) is 0 Å². The summed E-state index contributed by atoms with van der Waals surface area (Å²) in [7, 11) is 0. The normalized spacial score (nSPS) is 20.4. The van der Waals surface area contributed by atoms with Crippen molar-refractivity contribution in [2.75, 3.05) is 6.61 Å². The maximum absolute atomic E-state index is 12.6. The van der Waals surface area contributed by atoms with E-state index in [1.54, 1.807) is 0 Å². The molecular formula is C9H14F4O2. The van der Waals surface area contributed by atoms with E-state index in [0.29, 0.717) is 12.3 Å². The summed E-state index contributed by atoms with van der Waals surface area (Å²) in [6, 6.07) is 0. The fraction of sp³-hybridized carbons (Fsp3) is 1.00. The van der Waals surface area contributed by atoms with Crippen molar-refractivity contribution >= 4 is 0 Å². The topological polar surface area (TPSA) is 29.5 Å². The molecule has 2 nitrogen and oxygen atoms in total. The summed E-state index contributed by atoms with van der Waals surface area (Å²) in [5.41, 5.74) is 0. The number of ether oxygens (including phenoxy) is 1. The van der Waals surface area contributed by atoms with Gasteiger partial charge in [-0.15, -0.1) is 0 Å². The Labute approximate surface area is 85.2 Å². The van der Waals surface area contributed by atoms with Crippen LogP contribution in [0.3, 0.4) is 0 Å². The van der Waals surface area contributed by atoms with Gasteiger partial charge in [-0.3, -0.25) is 0 Å². The van der Waals surface area contributed by atoms with E-state index in [-0.39, 0.29) is 6.92 Å². The smallest absolute Gasteiger partial charge is 0.391 e. The molecule has 6 heteroatoms. The number of halogens is 4. The summed E-state index contributed by atoms with van der Waals surface area (Å²) in [6.07, 6.45) is -3.36. The highest BCUT2D eigenvalue weighted by atomic mass is 19.3. The van der Waals surface area contributed by atoms with Crippen LogP contribution in [0.15, 0.2) is 0 Å². The first-order chi connectivity index (χ1) is 6.72. The predicted octanol–water partition coefficient (Wildman–Crippen LogP) is 2.41. The van der Waals surface area contributed by atoms with Crippen molar-refractivity contribution in [3.05, 3.63) is 0 Å². The third-order valence-corrected chi connectivity index (χ3v) is 2.27. The van der Waals surface area contributed by atoms with Crippen LogP contribution in [0, 0.1) is 5.92 Å². The Bertz CT molecular complexity index is 211. The summed E-state index contributed by atoms with van der Waals surface area (Å²) < 4.78 is 53.4. The largest absolute Gasteiger partial charge is 0.419 e. The molecule has 1 atom stereocenters. The van der Waals surface area contributed by atoms with E-state index < -0.39 is 24.7 Å². The Kier molecular flexibility index (Phi) is 3.60. The van der Waals surface area contributed by atoms with Crippen molar-refractivity contribution in [3.63, 3.8) is 0 Å². The SMILES string of the molecule is CC(F)(F)C(F)(F)OCC(O)CC1CC1. The second-order valence-corrected chi connectivity index (χ2v) is 4.05. The molecule has 0 aliphatic heterocycles. The van der Waals surface area contributed by atoms with Gasteiger partial charge in [0, 0.05) is 6.92 Å². The lowest BCUT2D eigenvalue weighted by atomic mass is 10.2. The Balaban J connectivity index is 2.27. The minimum absolute atomic E-state index is 0.0836. The van der Waals surface area contributed by atoms with E-state index in [0.717, 1.165) is 12.8 Å². The molecule has 0 aromatic carbocycles. The maximum atomic E-state index is 12.6. The van der Waals surface area contributed by atoms with Gasteiger partial charge in [-0.25, -0.2) is 0 Å². The molecule has 1 fully saturated rings. The van der Waals surface area contributed by atoms with Gasteiger partial charge < -0.3 is 9.84 Å². The number of hydrogen-bond donors (Lipinski definition) is 1. The highest BCUT2D eigenvalue weighted by molar-refractivity contribution is 4.77. The molecule has 15 heavy (non-hydrogen) atoms. The quantitative estimate of drug-likeness (QED) is 0.710. The number of rotatable bonds is 6. The second-order valence-electron chi connectivity index (χ2n) is 4.05. The molecule has 90 valence electrons. The molecule has 1 saturated carbocycles. The standard InChI is InChI=1S/C9H14F4O2/c1-8(10,11)9(12,13)15-5-7(14)4-6-2-3-6/h6-7,14H,2-5H2,1H3. The van der Waals surface area contributed by atoms with Crippen molar-refractivity contribution in [1.29, 1.82) is 0 Å². The van der Waals surface area contributed by atoms with Crippen molar-refractivity contribution < 1.29 is 27.4 Å². The lowest BCUT2D eigenvalue weighted by molar-refractivity contribution is -0.345. The molecule has 0 saturated heterocycles. The van der Waals surface area contributed by atoms with Gasteiger partial charge >= 0.3 is 12.0 Å². The molecular weight excluding hydrogens is 216 g/mol. The molecule has 0 radical (unpaired) electrons. The Hall–Kier alpha value is -0.360. The van der Waals surface area contributed by atoms with Gasteiger partial charge in [0.15, 0.2) is 0 Å². The molecule has 1 unspecified atom stereocenters. The van der Waals surface area contributed by atoms with Crippen LogP contribution < -0.4 is 0 Å². The van der Waals surface area contributed by atoms with E-state index >= 15 is 0 Å². The van der Waals surface area contributed by atoms with Gasteiger partial charge in [0.1, 0.15) is 0 Å². The van der Waals surface area contributed by atoms with Crippen LogP contribution >= 0.6 is 0 Å². The van der Waals surface area contributed by atoms with Crippen LogP contribution in [0.1, 0.15) is 26.2 Å². The number of aliphatic hydroxyl groups excluding tert-OH is 1. The molecule has 0 aromatic rings. The van der Waals surface area contributed by atoms with E-state index in [4.69, 9.17) is 0 Å². The third-order valence-electron chi connectivity index (χ3n) is 2.27. The monoisotopic (exact) mass is 230 g/mol. The van der Waals surface area contributed by atoms with Crippen molar-refractivity contribution in [2.45, 2.75) is 44.3 Å². The van der Waals surface area contributed by atoms with Crippen LogP contribution in [0.4, 0.5) is 17.6 Å². The van der Waals surface area contributed by atoms with Gasteiger partial charge in [-0.2, -0.15) is 17.6 Å². The molecule has 0 bridgehead atoms. The lowest BCUT2D eigenvalue weighted by Gasteiger charge is -2.24. The van der Waals surface area contributed by atoms with Gasteiger partial charge in [0.2, 0.25) is 0 Å². The predicted molar refractivity (Wildman–Crippen MR) is 44.9 cm³/mol. The fourth-order valence-corrected chi connectivity index (χ4v) is 1.13. The summed E-state index contributed by atoms with van der Waals surface area (Å²) in [5, 5.41) is 9.19. The zero-order valence-electron chi connectivity index (χ0n) is 8.35. The fourth-order valence-electron chi connectivity index (χ4n) is 1.13. The molecule has 1 N–H and O–H groups in total. The molecule has 0 aromatic heterocycles. The third kappa shape index (κ3) is 3.95. The van der Waals surface area contributed by atoms with E-state index in [1.165, 1.54) is 0 Å². The first kappa shape index (κ1) is 12.7. The highest BCUT2D eigenvalue weighted by Crippen LogP contribution is 2.36. The molecule has 0 heterocycles. The lowest BCUT2D eigenvalue weighted by Crippen LogP contribution is -2.42. The van der Waals surface area contributed by atoms with Crippen LogP contribution in [-0.2, 0) is 4.74 Å². The molecule has 0 amide bonds. The van der Waals surface area contributed by atoms with E-state index in [2.05, 4.69) is 4.74 Å². The Morgan fingerprint density at radius 1 is 1.33 bits per heavy atom. The Morgan fingerprint density at radius 3 is 2.27 bits per heavy atom.